The van der Waals surface area contributed by atoms with E-state index in [4.69, 9.17) is 10.5 Å². The second-order valence-electron chi connectivity index (χ2n) is 5.35. The Morgan fingerprint density at radius 3 is 2.56 bits per heavy atom. The van der Waals surface area contributed by atoms with E-state index in [1.54, 1.807) is 0 Å². The molecule has 0 radical (unpaired) electrons. The van der Waals surface area contributed by atoms with E-state index in [1.165, 1.54) is 45.1 Å². The number of hydrogen-bond donors (Lipinski definition) is 1. The van der Waals surface area contributed by atoms with Crippen LogP contribution in [-0.4, -0.2) is 43.8 Å². The Bertz CT molecular complexity index is 190. The quantitative estimate of drug-likeness (QED) is 0.743. The van der Waals surface area contributed by atoms with Crippen molar-refractivity contribution < 1.29 is 4.74 Å². The highest BCUT2D eigenvalue weighted by Gasteiger charge is 2.22. The van der Waals surface area contributed by atoms with Gasteiger partial charge in [-0.15, -0.1) is 0 Å². The zero-order chi connectivity index (χ0) is 11.2. The van der Waals surface area contributed by atoms with E-state index in [0.717, 1.165) is 25.6 Å². The van der Waals surface area contributed by atoms with Gasteiger partial charge in [0.1, 0.15) is 0 Å². The minimum absolute atomic E-state index is 0.277. The van der Waals surface area contributed by atoms with Gasteiger partial charge in [0.25, 0.3) is 0 Å². The van der Waals surface area contributed by atoms with E-state index in [9.17, 15) is 0 Å². The SMILES string of the molecule is NCC1CN(CC2CCCCCC2)CCO1. The van der Waals surface area contributed by atoms with Gasteiger partial charge in [0.05, 0.1) is 12.7 Å². The van der Waals surface area contributed by atoms with Gasteiger partial charge >= 0.3 is 0 Å². The van der Waals surface area contributed by atoms with Crippen molar-refractivity contribution in [1.82, 2.24) is 4.90 Å². The summed E-state index contributed by atoms with van der Waals surface area (Å²) in [4.78, 5) is 2.57. The van der Waals surface area contributed by atoms with E-state index in [0.29, 0.717) is 6.54 Å². The summed E-state index contributed by atoms with van der Waals surface area (Å²) in [6.07, 6.45) is 8.93. The molecule has 0 amide bonds. The summed E-state index contributed by atoms with van der Waals surface area (Å²) >= 11 is 0. The van der Waals surface area contributed by atoms with E-state index in [1.807, 2.05) is 0 Å². The Kier molecular flexibility index (Phi) is 5.07. The molecule has 16 heavy (non-hydrogen) atoms. The molecule has 2 fully saturated rings. The largest absolute Gasteiger partial charge is 0.374 e. The fourth-order valence-electron chi connectivity index (χ4n) is 3.00. The molecule has 0 spiro atoms. The fourth-order valence-corrected chi connectivity index (χ4v) is 3.00. The van der Waals surface area contributed by atoms with Crippen LogP contribution in [0.25, 0.3) is 0 Å². The lowest BCUT2D eigenvalue weighted by Crippen LogP contribution is -2.47. The number of ether oxygens (including phenoxy) is 1. The molecule has 3 heteroatoms. The standard InChI is InChI=1S/C13H26N2O/c14-9-13-11-15(7-8-16-13)10-12-5-3-1-2-4-6-12/h12-13H,1-11,14H2. The molecule has 1 unspecified atom stereocenters. The molecule has 0 aromatic carbocycles. The molecule has 1 aliphatic carbocycles. The first-order chi connectivity index (χ1) is 7.88. The lowest BCUT2D eigenvalue weighted by molar-refractivity contribution is -0.0283. The minimum Gasteiger partial charge on any atom is -0.374 e. The summed E-state index contributed by atoms with van der Waals surface area (Å²) < 4.78 is 5.60. The summed E-state index contributed by atoms with van der Waals surface area (Å²) in [6, 6.07) is 0. The monoisotopic (exact) mass is 226 g/mol. The van der Waals surface area contributed by atoms with Gasteiger partial charge in [-0.3, -0.25) is 4.90 Å². The maximum atomic E-state index is 5.67. The van der Waals surface area contributed by atoms with Gasteiger partial charge in [0.15, 0.2) is 0 Å². The molecule has 0 bridgehead atoms. The molecule has 1 aliphatic heterocycles. The second-order valence-corrected chi connectivity index (χ2v) is 5.35. The zero-order valence-corrected chi connectivity index (χ0v) is 10.4. The average Bonchev–Trinajstić information content (AvgIpc) is 2.58. The fraction of sp³-hybridized carbons (Fsp3) is 1.00. The summed E-state index contributed by atoms with van der Waals surface area (Å²) in [7, 11) is 0. The molecule has 0 aromatic heterocycles. The molecule has 2 rings (SSSR count). The Morgan fingerprint density at radius 1 is 1.12 bits per heavy atom. The van der Waals surface area contributed by atoms with Crippen LogP contribution < -0.4 is 5.73 Å². The minimum atomic E-state index is 0.277. The van der Waals surface area contributed by atoms with Crippen molar-refractivity contribution in [3.8, 4) is 0 Å². The molecule has 2 aliphatic rings. The van der Waals surface area contributed by atoms with Crippen molar-refractivity contribution in [1.29, 1.82) is 0 Å². The second kappa shape index (κ2) is 6.58. The Morgan fingerprint density at radius 2 is 1.88 bits per heavy atom. The number of nitrogens with two attached hydrogens (primary N) is 1. The van der Waals surface area contributed by atoms with Crippen molar-refractivity contribution in [2.75, 3.05) is 32.8 Å². The summed E-state index contributed by atoms with van der Waals surface area (Å²) in [5.74, 6) is 0.930. The Hall–Kier alpha value is -0.120. The number of rotatable bonds is 3. The molecule has 1 heterocycles. The van der Waals surface area contributed by atoms with Crippen LogP contribution >= 0.6 is 0 Å². The van der Waals surface area contributed by atoms with E-state index >= 15 is 0 Å². The highest BCUT2D eigenvalue weighted by Crippen LogP contribution is 2.24. The maximum Gasteiger partial charge on any atom is 0.0824 e. The van der Waals surface area contributed by atoms with Crippen LogP contribution in [-0.2, 0) is 4.74 Å². The molecular formula is C13H26N2O. The topological polar surface area (TPSA) is 38.5 Å². The van der Waals surface area contributed by atoms with Crippen LogP contribution in [0.5, 0.6) is 0 Å². The lowest BCUT2D eigenvalue weighted by atomic mass is 9.99. The third kappa shape index (κ3) is 3.72. The van der Waals surface area contributed by atoms with Gasteiger partial charge in [0.2, 0.25) is 0 Å². The van der Waals surface area contributed by atoms with Crippen molar-refractivity contribution >= 4 is 0 Å². The van der Waals surface area contributed by atoms with Crippen LogP contribution in [0.4, 0.5) is 0 Å². The maximum absolute atomic E-state index is 5.67. The molecule has 1 saturated carbocycles. The predicted octanol–water partition coefficient (Wildman–Crippen LogP) is 1.62. The van der Waals surface area contributed by atoms with Gasteiger partial charge < -0.3 is 10.5 Å². The zero-order valence-electron chi connectivity index (χ0n) is 10.4. The first kappa shape index (κ1) is 12.3. The predicted molar refractivity (Wildman–Crippen MR) is 66.4 cm³/mol. The van der Waals surface area contributed by atoms with E-state index in [-0.39, 0.29) is 6.10 Å². The summed E-state index contributed by atoms with van der Waals surface area (Å²) in [5.41, 5.74) is 5.67. The molecule has 2 N–H and O–H groups in total. The van der Waals surface area contributed by atoms with Gasteiger partial charge in [0, 0.05) is 26.2 Å². The summed E-state index contributed by atoms with van der Waals surface area (Å²) in [6.45, 7) is 4.97. The van der Waals surface area contributed by atoms with Crippen molar-refractivity contribution in [2.24, 2.45) is 11.7 Å². The Labute approximate surface area is 99.3 Å². The van der Waals surface area contributed by atoms with Crippen LogP contribution in [0.15, 0.2) is 0 Å². The number of hydrogen-bond acceptors (Lipinski definition) is 3. The average molecular weight is 226 g/mol. The van der Waals surface area contributed by atoms with Gasteiger partial charge in [-0.1, -0.05) is 25.7 Å². The van der Waals surface area contributed by atoms with Crippen LogP contribution in [0, 0.1) is 5.92 Å². The van der Waals surface area contributed by atoms with Crippen LogP contribution in [0.3, 0.4) is 0 Å². The van der Waals surface area contributed by atoms with Crippen LogP contribution in [0.1, 0.15) is 38.5 Å². The van der Waals surface area contributed by atoms with E-state index in [2.05, 4.69) is 4.90 Å². The smallest absolute Gasteiger partial charge is 0.0824 e. The highest BCUT2D eigenvalue weighted by molar-refractivity contribution is 4.75. The third-order valence-corrected chi connectivity index (χ3v) is 3.98. The van der Waals surface area contributed by atoms with Crippen molar-refractivity contribution in [3.05, 3.63) is 0 Å². The van der Waals surface area contributed by atoms with Gasteiger partial charge in [-0.05, 0) is 18.8 Å². The molecule has 1 saturated heterocycles. The van der Waals surface area contributed by atoms with Gasteiger partial charge in [-0.25, -0.2) is 0 Å². The van der Waals surface area contributed by atoms with Crippen LogP contribution in [0.2, 0.25) is 0 Å². The normalized spacial score (nSPS) is 30.2. The number of nitrogens with zero attached hydrogens (tertiary/aromatic N) is 1. The molecule has 0 aromatic rings. The molecular weight excluding hydrogens is 200 g/mol. The molecule has 94 valence electrons. The van der Waals surface area contributed by atoms with E-state index < -0.39 is 0 Å². The molecule has 3 nitrogen and oxygen atoms in total. The van der Waals surface area contributed by atoms with Crippen molar-refractivity contribution in [3.63, 3.8) is 0 Å². The third-order valence-electron chi connectivity index (χ3n) is 3.98. The lowest BCUT2D eigenvalue weighted by Gasteiger charge is -2.34. The first-order valence-corrected chi connectivity index (χ1v) is 6.92. The Balaban J connectivity index is 1.74. The highest BCUT2D eigenvalue weighted by atomic mass is 16.5. The van der Waals surface area contributed by atoms with Crippen molar-refractivity contribution in [2.45, 2.75) is 44.6 Å². The first-order valence-electron chi connectivity index (χ1n) is 6.92. The summed E-state index contributed by atoms with van der Waals surface area (Å²) in [5, 5.41) is 0. The number of morpholine rings is 1. The van der Waals surface area contributed by atoms with Gasteiger partial charge in [-0.2, -0.15) is 0 Å². The molecule has 1 atom stereocenters.